The Labute approximate surface area is 157 Å². The molecule has 1 aliphatic heterocycles. The topological polar surface area (TPSA) is 63.7 Å². The number of rotatable bonds is 5. The molecule has 0 fully saturated rings. The maximum absolute atomic E-state index is 13.1. The highest BCUT2D eigenvalue weighted by molar-refractivity contribution is 7.94. The highest BCUT2D eigenvalue weighted by atomic mass is 35.5. The van der Waals surface area contributed by atoms with Gasteiger partial charge in [0.1, 0.15) is 5.75 Å². The summed E-state index contributed by atoms with van der Waals surface area (Å²) in [6.45, 7) is 2.43. The second-order valence-electron chi connectivity index (χ2n) is 5.83. The second-order valence-corrected chi connectivity index (χ2v) is 8.20. The third-order valence-electron chi connectivity index (χ3n) is 3.98. The van der Waals surface area contributed by atoms with Crippen LogP contribution in [-0.2, 0) is 9.84 Å². The van der Waals surface area contributed by atoms with Crippen molar-refractivity contribution in [1.29, 1.82) is 0 Å². The van der Waals surface area contributed by atoms with Gasteiger partial charge in [-0.3, -0.25) is 4.79 Å². The lowest BCUT2D eigenvalue weighted by molar-refractivity contribution is 0.0983. The molecule has 1 heterocycles. The van der Waals surface area contributed by atoms with Gasteiger partial charge in [0.25, 0.3) is 5.91 Å². The van der Waals surface area contributed by atoms with E-state index in [0.717, 1.165) is 5.41 Å². The van der Waals surface area contributed by atoms with Crippen LogP contribution < -0.4 is 9.64 Å². The fourth-order valence-electron chi connectivity index (χ4n) is 2.78. The largest absolute Gasteiger partial charge is 0.494 e. The normalized spacial score (nSPS) is 17.8. The summed E-state index contributed by atoms with van der Waals surface area (Å²) in [7, 11) is -3.31. The molecule has 0 bridgehead atoms. The van der Waals surface area contributed by atoms with Gasteiger partial charge in [0.2, 0.25) is 0 Å². The van der Waals surface area contributed by atoms with Gasteiger partial charge in [-0.2, -0.15) is 0 Å². The molecule has 2 aromatic rings. The molecule has 1 aliphatic rings. The van der Waals surface area contributed by atoms with Gasteiger partial charge in [-0.1, -0.05) is 11.6 Å². The Morgan fingerprint density at radius 3 is 2.35 bits per heavy atom. The number of amides is 1. The summed E-state index contributed by atoms with van der Waals surface area (Å²) in [5, 5.41) is 1.69. The summed E-state index contributed by atoms with van der Waals surface area (Å²) in [5.74, 6) is 0.252. The van der Waals surface area contributed by atoms with Crippen LogP contribution >= 0.6 is 11.6 Å². The molecular weight excluding hydrogens is 374 g/mol. The van der Waals surface area contributed by atoms with Crippen molar-refractivity contribution in [2.45, 2.75) is 13.0 Å². The lowest BCUT2D eigenvalue weighted by Crippen LogP contribution is -2.41. The van der Waals surface area contributed by atoms with Gasteiger partial charge in [-0.05, 0) is 61.5 Å². The molecule has 0 aliphatic carbocycles. The zero-order valence-electron chi connectivity index (χ0n) is 14.1. The molecule has 7 heteroatoms. The Kier molecular flexibility index (Phi) is 5.34. The number of hydrogen-bond acceptors (Lipinski definition) is 4. The van der Waals surface area contributed by atoms with Crippen molar-refractivity contribution in [3.63, 3.8) is 0 Å². The number of nitrogens with zero attached hydrogens (tertiary/aromatic N) is 1. The van der Waals surface area contributed by atoms with Crippen LogP contribution in [0.5, 0.6) is 5.75 Å². The molecule has 1 amide bonds. The van der Waals surface area contributed by atoms with Gasteiger partial charge in [0, 0.05) is 21.7 Å². The van der Waals surface area contributed by atoms with E-state index in [4.69, 9.17) is 16.3 Å². The number of sulfone groups is 1. The van der Waals surface area contributed by atoms with Gasteiger partial charge < -0.3 is 9.64 Å². The van der Waals surface area contributed by atoms with E-state index in [2.05, 4.69) is 0 Å². The zero-order chi connectivity index (χ0) is 18.7. The van der Waals surface area contributed by atoms with Crippen molar-refractivity contribution < 1.29 is 17.9 Å². The van der Waals surface area contributed by atoms with E-state index in [1.165, 1.54) is 4.90 Å². The Bertz CT molecular complexity index is 921. The summed E-state index contributed by atoms with van der Waals surface area (Å²) in [6, 6.07) is 13.0. The monoisotopic (exact) mass is 391 g/mol. The molecule has 0 N–H and O–H groups in total. The quantitative estimate of drug-likeness (QED) is 0.779. The minimum absolute atomic E-state index is 0.139. The fourth-order valence-corrected chi connectivity index (χ4v) is 4.17. The first-order valence-corrected chi connectivity index (χ1v) is 10.2. The van der Waals surface area contributed by atoms with Crippen LogP contribution in [0.25, 0.3) is 0 Å². The maximum atomic E-state index is 13.1. The third kappa shape index (κ3) is 4.08. The molecule has 0 aromatic heterocycles. The Balaban J connectivity index is 1.97. The fraction of sp³-hybridized carbons (Fsp3) is 0.211. The molecule has 0 saturated heterocycles. The SMILES string of the molecule is CCOc1ccc(N(C(=O)c2ccc(Cl)cc2)[C@H]2C=CS(=O)(=O)C2)cc1. The molecule has 2 aromatic carbocycles. The molecule has 0 radical (unpaired) electrons. The molecule has 0 unspecified atom stereocenters. The van der Waals surface area contributed by atoms with E-state index < -0.39 is 15.9 Å². The van der Waals surface area contributed by atoms with Crippen LogP contribution in [0.2, 0.25) is 5.02 Å². The summed E-state index contributed by atoms with van der Waals surface area (Å²) in [4.78, 5) is 14.6. The summed E-state index contributed by atoms with van der Waals surface area (Å²) in [5.41, 5.74) is 1.03. The van der Waals surface area contributed by atoms with Crippen LogP contribution in [0, 0.1) is 0 Å². The third-order valence-corrected chi connectivity index (χ3v) is 5.61. The number of carbonyl (C=O) groups excluding carboxylic acids is 1. The van der Waals surface area contributed by atoms with Gasteiger partial charge in [-0.25, -0.2) is 8.42 Å². The van der Waals surface area contributed by atoms with E-state index in [0.29, 0.717) is 28.6 Å². The Hall–Kier alpha value is -2.31. The van der Waals surface area contributed by atoms with Crippen molar-refractivity contribution in [2.24, 2.45) is 0 Å². The van der Waals surface area contributed by atoms with Crippen LogP contribution in [0.1, 0.15) is 17.3 Å². The highest BCUT2D eigenvalue weighted by Gasteiger charge is 2.32. The molecule has 3 rings (SSSR count). The minimum Gasteiger partial charge on any atom is -0.494 e. The number of ether oxygens (including phenoxy) is 1. The van der Waals surface area contributed by atoms with Crippen molar-refractivity contribution in [1.82, 2.24) is 0 Å². The highest BCUT2D eigenvalue weighted by Crippen LogP contribution is 2.27. The van der Waals surface area contributed by atoms with E-state index in [1.807, 2.05) is 6.92 Å². The molecule has 5 nitrogen and oxygen atoms in total. The van der Waals surface area contributed by atoms with E-state index in [9.17, 15) is 13.2 Å². The van der Waals surface area contributed by atoms with E-state index in [1.54, 1.807) is 54.6 Å². The van der Waals surface area contributed by atoms with Gasteiger partial charge in [-0.15, -0.1) is 0 Å². The van der Waals surface area contributed by atoms with E-state index >= 15 is 0 Å². The standard InChI is InChI=1S/C19H18ClNO4S/c1-2-25-18-9-7-16(8-10-18)21(17-11-12-26(23,24)13-17)19(22)14-3-5-15(20)6-4-14/h3-12,17H,2,13H2,1H3/t17-/m0/s1. The molecule has 26 heavy (non-hydrogen) atoms. The van der Waals surface area contributed by atoms with Gasteiger partial charge in [0.05, 0.1) is 18.4 Å². The van der Waals surface area contributed by atoms with Crippen molar-refractivity contribution in [3.05, 3.63) is 70.6 Å². The van der Waals surface area contributed by atoms with Crippen LogP contribution in [0.3, 0.4) is 0 Å². The zero-order valence-corrected chi connectivity index (χ0v) is 15.7. The smallest absolute Gasteiger partial charge is 0.258 e. The summed E-state index contributed by atoms with van der Waals surface area (Å²) < 4.78 is 29.1. The number of benzene rings is 2. The lowest BCUT2D eigenvalue weighted by Gasteiger charge is -2.28. The Morgan fingerprint density at radius 2 is 1.81 bits per heavy atom. The number of carbonyl (C=O) groups is 1. The van der Waals surface area contributed by atoms with Crippen LogP contribution in [-0.4, -0.2) is 32.7 Å². The first kappa shape index (κ1) is 18.5. The predicted molar refractivity (Wildman–Crippen MR) is 103 cm³/mol. The Morgan fingerprint density at radius 1 is 1.15 bits per heavy atom. The average molecular weight is 392 g/mol. The average Bonchev–Trinajstić information content (AvgIpc) is 2.97. The van der Waals surface area contributed by atoms with Crippen LogP contribution in [0.4, 0.5) is 5.69 Å². The van der Waals surface area contributed by atoms with Gasteiger partial charge in [0.15, 0.2) is 9.84 Å². The first-order valence-electron chi connectivity index (χ1n) is 8.12. The lowest BCUT2D eigenvalue weighted by atomic mass is 10.1. The molecule has 0 saturated carbocycles. The van der Waals surface area contributed by atoms with Gasteiger partial charge >= 0.3 is 0 Å². The molecule has 0 spiro atoms. The van der Waals surface area contributed by atoms with Crippen molar-refractivity contribution in [3.8, 4) is 5.75 Å². The van der Waals surface area contributed by atoms with Crippen molar-refractivity contribution in [2.75, 3.05) is 17.3 Å². The number of halogens is 1. The second kappa shape index (κ2) is 7.51. The summed E-state index contributed by atoms with van der Waals surface area (Å²) >= 11 is 5.90. The predicted octanol–water partition coefficient (Wildman–Crippen LogP) is 3.70. The maximum Gasteiger partial charge on any atom is 0.258 e. The van der Waals surface area contributed by atoms with Crippen molar-refractivity contribution >= 4 is 33.0 Å². The summed E-state index contributed by atoms with van der Waals surface area (Å²) in [6.07, 6.45) is 1.54. The van der Waals surface area contributed by atoms with E-state index in [-0.39, 0.29) is 11.7 Å². The molecule has 136 valence electrons. The van der Waals surface area contributed by atoms with Crippen LogP contribution in [0.15, 0.2) is 60.0 Å². The number of hydrogen-bond donors (Lipinski definition) is 0. The first-order chi connectivity index (χ1) is 12.4. The molecule has 1 atom stereocenters. The minimum atomic E-state index is -3.31. The number of anilines is 1. The molecular formula is C19H18ClNO4S.